The lowest BCUT2D eigenvalue weighted by molar-refractivity contribution is -0.116. The zero-order chi connectivity index (χ0) is 17.2. The number of aryl methyl sites for hydroxylation is 1. The highest BCUT2D eigenvalue weighted by molar-refractivity contribution is 7.09. The summed E-state index contributed by atoms with van der Waals surface area (Å²) in [6.45, 7) is 5.88. The first-order valence-electron chi connectivity index (χ1n) is 7.94. The van der Waals surface area contributed by atoms with E-state index in [1.165, 1.54) is 4.88 Å². The number of aromatic nitrogens is 1. The van der Waals surface area contributed by atoms with Crippen LogP contribution in [0.1, 0.15) is 23.8 Å². The summed E-state index contributed by atoms with van der Waals surface area (Å²) >= 11 is 1.68. The Kier molecular flexibility index (Phi) is 7.22. The van der Waals surface area contributed by atoms with Gasteiger partial charge in [-0.3, -0.25) is 4.79 Å². The second kappa shape index (κ2) is 9.67. The van der Waals surface area contributed by atoms with Gasteiger partial charge in [0, 0.05) is 30.6 Å². The third-order valence-electron chi connectivity index (χ3n) is 3.14. The van der Waals surface area contributed by atoms with E-state index in [-0.39, 0.29) is 5.91 Å². The van der Waals surface area contributed by atoms with E-state index in [1.807, 2.05) is 31.4 Å². The summed E-state index contributed by atoms with van der Waals surface area (Å²) in [5, 5.41) is 11.2. The number of carbonyl (C=O) groups excluding carboxylic acids is 1. The number of rotatable bonds is 7. The predicted octanol–water partition coefficient (Wildman–Crippen LogP) is 2.54. The van der Waals surface area contributed by atoms with Crippen molar-refractivity contribution >= 4 is 29.0 Å². The molecule has 0 aromatic carbocycles. The zero-order valence-electron chi connectivity index (χ0n) is 14.0. The van der Waals surface area contributed by atoms with Gasteiger partial charge in [0.2, 0.25) is 5.91 Å². The summed E-state index contributed by atoms with van der Waals surface area (Å²) < 4.78 is 0. The molecule has 2 rings (SSSR count). The van der Waals surface area contributed by atoms with Crippen LogP contribution in [0.3, 0.4) is 0 Å². The number of nitrogens with zero attached hydrogens (tertiary/aromatic N) is 2. The van der Waals surface area contributed by atoms with Crippen LogP contribution in [0.25, 0.3) is 0 Å². The molecule has 0 unspecified atom stereocenters. The van der Waals surface area contributed by atoms with Gasteiger partial charge in [-0.1, -0.05) is 12.1 Å². The van der Waals surface area contributed by atoms with Crippen molar-refractivity contribution in [1.82, 2.24) is 15.6 Å². The molecule has 0 aliphatic rings. The second-order valence-electron chi connectivity index (χ2n) is 5.22. The van der Waals surface area contributed by atoms with Crippen LogP contribution in [0, 0.1) is 6.92 Å². The number of aliphatic imine (C=N–C) groups is 1. The fourth-order valence-corrected chi connectivity index (χ4v) is 2.57. The standard InChI is InChI=1S/C17H23N5OS/c1-3-18-17(21-12-14-5-4-10-24-14)19-9-8-16(23)22-15-7-6-13(2)11-20-15/h4-7,10-11H,3,8-9,12H2,1-2H3,(H2,18,19,21)(H,20,22,23). The number of hydrogen-bond acceptors (Lipinski definition) is 4. The average molecular weight is 345 g/mol. The molecule has 0 spiro atoms. The van der Waals surface area contributed by atoms with Gasteiger partial charge in [0.25, 0.3) is 0 Å². The topological polar surface area (TPSA) is 78.4 Å². The van der Waals surface area contributed by atoms with Gasteiger partial charge >= 0.3 is 0 Å². The van der Waals surface area contributed by atoms with E-state index in [4.69, 9.17) is 0 Å². The molecule has 1 amide bonds. The molecule has 0 bridgehead atoms. The van der Waals surface area contributed by atoms with Gasteiger partial charge in [0.05, 0.1) is 6.54 Å². The van der Waals surface area contributed by atoms with E-state index in [0.717, 1.165) is 12.1 Å². The van der Waals surface area contributed by atoms with Crippen molar-refractivity contribution in [3.05, 3.63) is 46.3 Å². The third kappa shape index (κ3) is 6.37. The molecule has 2 heterocycles. The Morgan fingerprint density at radius 2 is 2.17 bits per heavy atom. The molecule has 3 N–H and O–H groups in total. The third-order valence-corrected chi connectivity index (χ3v) is 4.00. The minimum atomic E-state index is -0.0760. The highest BCUT2D eigenvalue weighted by Gasteiger charge is 2.04. The minimum Gasteiger partial charge on any atom is -0.357 e. The molecule has 24 heavy (non-hydrogen) atoms. The molecule has 0 fully saturated rings. The minimum absolute atomic E-state index is 0.0760. The quantitative estimate of drug-likeness (QED) is 0.532. The molecular formula is C17H23N5OS. The van der Waals surface area contributed by atoms with Crippen molar-refractivity contribution in [3.8, 4) is 0 Å². The van der Waals surface area contributed by atoms with Gasteiger partial charge in [-0.05, 0) is 36.9 Å². The van der Waals surface area contributed by atoms with Crippen LogP contribution in [0.5, 0.6) is 0 Å². The van der Waals surface area contributed by atoms with Gasteiger partial charge in [0.15, 0.2) is 5.96 Å². The second-order valence-corrected chi connectivity index (χ2v) is 6.25. The van der Waals surface area contributed by atoms with E-state index in [2.05, 4.69) is 32.0 Å². The number of carbonyl (C=O) groups is 1. The molecule has 2 aromatic heterocycles. The lowest BCUT2D eigenvalue weighted by atomic mass is 10.3. The van der Waals surface area contributed by atoms with E-state index in [0.29, 0.717) is 31.3 Å². The van der Waals surface area contributed by atoms with Crippen molar-refractivity contribution in [2.24, 2.45) is 4.99 Å². The summed E-state index contributed by atoms with van der Waals surface area (Å²) in [7, 11) is 0. The van der Waals surface area contributed by atoms with Crippen LogP contribution in [-0.4, -0.2) is 29.9 Å². The Hall–Kier alpha value is -2.41. The van der Waals surface area contributed by atoms with Crippen molar-refractivity contribution in [2.45, 2.75) is 26.8 Å². The van der Waals surface area contributed by atoms with E-state index >= 15 is 0 Å². The molecule has 0 radical (unpaired) electrons. The number of thiophene rings is 1. The molecule has 0 saturated heterocycles. The number of pyridine rings is 1. The lowest BCUT2D eigenvalue weighted by Gasteiger charge is -2.11. The van der Waals surface area contributed by atoms with Gasteiger partial charge in [0.1, 0.15) is 5.82 Å². The number of amides is 1. The maximum Gasteiger partial charge on any atom is 0.227 e. The van der Waals surface area contributed by atoms with Crippen molar-refractivity contribution in [2.75, 3.05) is 18.4 Å². The number of hydrogen-bond donors (Lipinski definition) is 3. The van der Waals surface area contributed by atoms with Gasteiger partial charge in [-0.25, -0.2) is 9.98 Å². The van der Waals surface area contributed by atoms with Crippen LogP contribution >= 0.6 is 11.3 Å². The molecule has 128 valence electrons. The van der Waals surface area contributed by atoms with E-state index < -0.39 is 0 Å². The van der Waals surface area contributed by atoms with Crippen LogP contribution in [-0.2, 0) is 11.3 Å². The highest BCUT2D eigenvalue weighted by atomic mass is 32.1. The smallest absolute Gasteiger partial charge is 0.227 e. The molecule has 0 saturated carbocycles. The van der Waals surface area contributed by atoms with Crippen LogP contribution < -0.4 is 16.0 Å². The largest absolute Gasteiger partial charge is 0.357 e. The molecule has 0 aliphatic heterocycles. The Bertz CT molecular complexity index is 652. The fourth-order valence-electron chi connectivity index (χ4n) is 1.94. The number of anilines is 1. The van der Waals surface area contributed by atoms with Crippen molar-refractivity contribution < 1.29 is 4.79 Å². The van der Waals surface area contributed by atoms with Crippen LogP contribution in [0.4, 0.5) is 5.82 Å². The zero-order valence-corrected chi connectivity index (χ0v) is 14.8. The Labute approximate surface area is 146 Å². The first-order valence-corrected chi connectivity index (χ1v) is 8.82. The number of guanidine groups is 1. The monoisotopic (exact) mass is 345 g/mol. The van der Waals surface area contributed by atoms with E-state index in [9.17, 15) is 4.79 Å². The highest BCUT2D eigenvalue weighted by Crippen LogP contribution is 2.09. The number of nitrogens with one attached hydrogen (secondary N) is 3. The Morgan fingerprint density at radius 3 is 2.83 bits per heavy atom. The average Bonchev–Trinajstić information content (AvgIpc) is 3.08. The molecule has 0 aliphatic carbocycles. The molecule has 6 nitrogen and oxygen atoms in total. The first-order chi connectivity index (χ1) is 11.7. The van der Waals surface area contributed by atoms with Crippen LogP contribution in [0.2, 0.25) is 0 Å². The summed E-state index contributed by atoms with van der Waals surface area (Å²) in [6.07, 6.45) is 2.08. The van der Waals surface area contributed by atoms with Crippen molar-refractivity contribution in [3.63, 3.8) is 0 Å². The van der Waals surface area contributed by atoms with E-state index in [1.54, 1.807) is 23.6 Å². The molecule has 7 heteroatoms. The fraction of sp³-hybridized carbons (Fsp3) is 0.353. The summed E-state index contributed by atoms with van der Waals surface area (Å²) in [4.78, 5) is 21.8. The normalized spacial score (nSPS) is 11.2. The Balaban J connectivity index is 1.76. The maximum absolute atomic E-state index is 11.9. The maximum atomic E-state index is 11.9. The first kappa shape index (κ1) is 17.9. The van der Waals surface area contributed by atoms with Gasteiger partial charge < -0.3 is 16.0 Å². The van der Waals surface area contributed by atoms with Crippen molar-refractivity contribution in [1.29, 1.82) is 0 Å². The lowest BCUT2D eigenvalue weighted by Crippen LogP contribution is -2.38. The summed E-state index contributed by atoms with van der Waals surface area (Å²) in [5.41, 5.74) is 1.06. The summed E-state index contributed by atoms with van der Waals surface area (Å²) in [5.74, 6) is 1.21. The van der Waals surface area contributed by atoms with Crippen LogP contribution in [0.15, 0.2) is 40.8 Å². The molecular weight excluding hydrogens is 322 g/mol. The summed E-state index contributed by atoms with van der Waals surface area (Å²) in [6, 6.07) is 7.79. The SMILES string of the molecule is CCNC(=NCc1cccs1)NCCC(=O)Nc1ccc(C)cn1. The Morgan fingerprint density at radius 1 is 1.29 bits per heavy atom. The van der Waals surface area contributed by atoms with Gasteiger partial charge in [-0.2, -0.15) is 0 Å². The predicted molar refractivity (Wildman–Crippen MR) is 99.4 cm³/mol. The molecule has 2 aromatic rings. The molecule has 0 atom stereocenters. The van der Waals surface area contributed by atoms with Gasteiger partial charge in [-0.15, -0.1) is 11.3 Å².